The van der Waals surface area contributed by atoms with Crippen LogP contribution in [0.2, 0.25) is 5.02 Å². The van der Waals surface area contributed by atoms with Gasteiger partial charge in [-0.25, -0.2) is 0 Å². The number of hydrogen-bond acceptors (Lipinski definition) is 1. The van der Waals surface area contributed by atoms with Gasteiger partial charge in [0.2, 0.25) is 0 Å². The summed E-state index contributed by atoms with van der Waals surface area (Å²) in [6.07, 6.45) is 1.33. The van der Waals surface area contributed by atoms with Crippen molar-refractivity contribution in [3.05, 3.63) is 32.8 Å². The molecule has 0 aliphatic heterocycles. The Labute approximate surface area is 84.5 Å². The lowest BCUT2D eigenvalue weighted by Crippen LogP contribution is -1.91. The monoisotopic (exact) mass is 246 g/mol. The van der Waals surface area contributed by atoms with Gasteiger partial charge in [-0.2, -0.15) is 0 Å². The third-order valence-electron chi connectivity index (χ3n) is 2.25. The highest BCUT2D eigenvalue weighted by atomic mass is 79.9. The second kappa shape index (κ2) is 3.02. The van der Waals surface area contributed by atoms with E-state index < -0.39 is 0 Å². The maximum absolute atomic E-state index is 9.60. The van der Waals surface area contributed by atoms with Crippen molar-refractivity contribution in [2.45, 2.75) is 18.9 Å². The maximum Gasteiger partial charge on any atom is 0.0807 e. The van der Waals surface area contributed by atoms with Gasteiger partial charge < -0.3 is 5.11 Å². The highest BCUT2D eigenvalue weighted by molar-refractivity contribution is 9.10. The molecule has 0 heterocycles. The molecule has 2 rings (SSSR count). The number of halogens is 2. The highest BCUT2D eigenvalue weighted by Gasteiger charge is 2.24. The van der Waals surface area contributed by atoms with Crippen LogP contribution in [-0.4, -0.2) is 5.11 Å². The molecule has 0 fully saturated rings. The van der Waals surface area contributed by atoms with Crippen molar-refractivity contribution < 1.29 is 5.11 Å². The first kappa shape index (κ1) is 8.54. The summed E-state index contributed by atoms with van der Waals surface area (Å²) in [4.78, 5) is 0. The molecule has 1 aromatic carbocycles. The molecule has 0 bridgehead atoms. The first-order valence-electron chi connectivity index (χ1n) is 3.85. The topological polar surface area (TPSA) is 20.2 Å². The molecule has 12 heavy (non-hydrogen) atoms. The average molecular weight is 248 g/mol. The van der Waals surface area contributed by atoms with E-state index in [2.05, 4.69) is 15.9 Å². The van der Waals surface area contributed by atoms with Gasteiger partial charge in [0.25, 0.3) is 0 Å². The molecule has 0 saturated heterocycles. The van der Waals surface area contributed by atoms with Gasteiger partial charge in [-0.3, -0.25) is 0 Å². The Morgan fingerprint density at radius 3 is 2.92 bits per heavy atom. The molecule has 0 amide bonds. The fourth-order valence-corrected chi connectivity index (χ4v) is 2.54. The minimum atomic E-state index is -0.340. The molecule has 1 N–H and O–H groups in total. The largest absolute Gasteiger partial charge is 0.388 e. The summed E-state index contributed by atoms with van der Waals surface area (Å²) >= 11 is 9.38. The molecule has 1 aliphatic carbocycles. The normalized spacial score (nSPS) is 21.1. The molecule has 1 atom stereocenters. The molecular weight excluding hydrogens is 239 g/mol. The lowest BCUT2D eigenvalue weighted by molar-refractivity contribution is 0.179. The first-order chi connectivity index (χ1) is 5.70. The molecule has 1 aliphatic rings. The van der Waals surface area contributed by atoms with Crippen LogP contribution in [0.25, 0.3) is 0 Å². The molecule has 0 aromatic heterocycles. The second-order valence-corrected chi connectivity index (χ2v) is 4.24. The number of aliphatic hydroxyl groups is 1. The van der Waals surface area contributed by atoms with Gasteiger partial charge in [-0.15, -0.1) is 0 Å². The molecule has 3 heteroatoms. The third-order valence-corrected chi connectivity index (χ3v) is 3.29. The minimum Gasteiger partial charge on any atom is -0.388 e. The molecular formula is C9H8BrClO. The summed E-state index contributed by atoms with van der Waals surface area (Å²) in [6, 6.07) is 3.75. The standard InChI is InChI=1S/C9H8BrClO/c10-6-2-3-7(11)5-1-4-8(12)9(5)6/h2-3,8,12H,1,4H2. The Hall–Kier alpha value is -0.0500. The van der Waals surface area contributed by atoms with Gasteiger partial charge in [-0.1, -0.05) is 27.5 Å². The van der Waals surface area contributed by atoms with Crippen molar-refractivity contribution >= 4 is 27.5 Å². The molecule has 1 aromatic rings. The summed E-state index contributed by atoms with van der Waals surface area (Å²) in [7, 11) is 0. The van der Waals surface area contributed by atoms with Crippen LogP contribution in [0.1, 0.15) is 23.7 Å². The van der Waals surface area contributed by atoms with Gasteiger partial charge in [-0.05, 0) is 36.1 Å². The summed E-state index contributed by atoms with van der Waals surface area (Å²) in [5.41, 5.74) is 2.07. The zero-order chi connectivity index (χ0) is 8.72. The van der Waals surface area contributed by atoms with Crippen LogP contribution in [0, 0.1) is 0 Å². The van der Waals surface area contributed by atoms with Gasteiger partial charge >= 0.3 is 0 Å². The quantitative estimate of drug-likeness (QED) is 0.747. The van der Waals surface area contributed by atoms with E-state index in [4.69, 9.17) is 11.6 Å². The van der Waals surface area contributed by atoms with Gasteiger partial charge in [0.15, 0.2) is 0 Å². The predicted molar refractivity (Wildman–Crippen MR) is 52.4 cm³/mol. The molecule has 64 valence electrons. The van der Waals surface area contributed by atoms with E-state index >= 15 is 0 Å². The predicted octanol–water partition coefficient (Wildman–Crippen LogP) is 3.08. The Kier molecular flexibility index (Phi) is 2.15. The first-order valence-corrected chi connectivity index (χ1v) is 5.02. The Balaban J connectivity index is 2.64. The molecule has 0 spiro atoms. The van der Waals surface area contributed by atoms with E-state index in [1.54, 1.807) is 0 Å². The Bertz CT molecular complexity index is 325. The number of fused-ring (bicyclic) bond motifs is 1. The van der Waals surface area contributed by atoms with Gasteiger partial charge in [0, 0.05) is 9.50 Å². The van der Waals surface area contributed by atoms with Crippen molar-refractivity contribution in [2.75, 3.05) is 0 Å². The fraction of sp³-hybridized carbons (Fsp3) is 0.333. The third kappa shape index (κ3) is 1.18. The molecule has 1 unspecified atom stereocenters. The van der Waals surface area contributed by atoms with E-state index in [0.717, 1.165) is 33.5 Å². The van der Waals surface area contributed by atoms with Crippen molar-refractivity contribution in [1.29, 1.82) is 0 Å². The lowest BCUT2D eigenvalue weighted by Gasteiger charge is -2.07. The number of benzene rings is 1. The fourth-order valence-electron chi connectivity index (χ4n) is 1.65. The van der Waals surface area contributed by atoms with Crippen molar-refractivity contribution in [3.8, 4) is 0 Å². The summed E-state index contributed by atoms with van der Waals surface area (Å²) in [5.74, 6) is 0. The molecule has 0 saturated carbocycles. The zero-order valence-electron chi connectivity index (χ0n) is 6.35. The van der Waals surface area contributed by atoms with E-state index in [0.29, 0.717) is 0 Å². The van der Waals surface area contributed by atoms with Crippen LogP contribution < -0.4 is 0 Å². The Morgan fingerprint density at radius 1 is 1.50 bits per heavy atom. The highest BCUT2D eigenvalue weighted by Crippen LogP contribution is 2.39. The van der Waals surface area contributed by atoms with Crippen LogP contribution in [-0.2, 0) is 6.42 Å². The Morgan fingerprint density at radius 2 is 2.25 bits per heavy atom. The molecule has 0 radical (unpaired) electrons. The number of hydrogen-bond donors (Lipinski definition) is 1. The second-order valence-electron chi connectivity index (χ2n) is 2.98. The van der Waals surface area contributed by atoms with Crippen LogP contribution in [0.4, 0.5) is 0 Å². The van der Waals surface area contributed by atoms with E-state index in [-0.39, 0.29) is 6.10 Å². The number of rotatable bonds is 0. The van der Waals surface area contributed by atoms with Crippen molar-refractivity contribution in [2.24, 2.45) is 0 Å². The lowest BCUT2D eigenvalue weighted by atomic mass is 10.1. The summed E-state index contributed by atoms with van der Waals surface area (Å²) in [5, 5.41) is 10.4. The van der Waals surface area contributed by atoms with Gasteiger partial charge in [0.05, 0.1) is 6.10 Å². The van der Waals surface area contributed by atoms with E-state index in [1.807, 2.05) is 12.1 Å². The van der Waals surface area contributed by atoms with E-state index in [1.165, 1.54) is 0 Å². The smallest absolute Gasteiger partial charge is 0.0807 e. The van der Waals surface area contributed by atoms with Crippen LogP contribution >= 0.6 is 27.5 Å². The molecule has 1 nitrogen and oxygen atoms in total. The number of aliphatic hydroxyl groups excluding tert-OH is 1. The van der Waals surface area contributed by atoms with Gasteiger partial charge in [0.1, 0.15) is 0 Å². The SMILES string of the molecule is OC1CCc2c(Cl)ccc(Br)c21. The van der Waals surface area contributed by atoms with Crippen LogP contribution in [0.5, 0.6) is 0 Å². The summed E-state index contributed by atoms with van der Waals surface area (Å²) in [6.45, 7) is 0. The van der Waals surface area contributed by atoms with Crippen LogP contribution in [0.15, 0.2) is 16.6 Å². The van der Waals surface area contributed by atoms with Crippen molar-refractivity contribution in [3.63, 3.8) is 0 Å². The van der Waals surface area contributed by atoms with E-state index in [9.17, 15) is 5.11 Å². The summed E-state index contributed by atoms with van der Waals surface area (Å²) < 4.78 is 0.965. The maximum atomic E-state index is 9.60. The minimum absolute atomic E-state index is 0.340. The van der Waals surface area contributed by atoms with Crippen LogP contribution in [0.3, 0.4) is 0 Å². The zero-order valence-corrected chi connectivity index (χ0v) is 8.69. The van der Waals surface area contributed by atoms with Crippen molar-refractivity contribution in [1.82, 2.24) is 0 Å². The average Bonchev–Trinajstić information content (AvgIpc) is 2.42.